The number of allylic oxidation sites excluding steroid dienone is 1. The summed E-state index contributed by atoms with van der Waals surface area (Å²) >= 11 is 0. The van der Waals surface area contributed by atoms with Gasteiger partial charge in [-0.2, -0.15) is 0 Å². The fourth-order valence-electron chi connectivity index (χ4n) is 2.15. The van der Waals surface area contributed by atoms with Crippen LogP contribution < -0.4 is 0 Å². The molecule has 3 atom stereocenters. The van der Waals surface area contributed by atoms with Gasteiger partial charge in [0.05, 0.1) is 6.10 Å². The van der Waals surface area contributed by atoms with Crippen LogP contribution in [0.2, 0.25) is 0 Å². The van der Waals surface area contributed by atoms with Gasteiger partial charge in [0.25, 0.3) is 0 Å². The molecule has 1 unspecified atom stereocenters. The number of aliphatic hydroxyl groups excluding tert-OH is 1. The quantitative estimate of drug-likeness (QED) is 0.547. The molecule has 2 rings (SSSR count). The second-order valence-electron chi connectivity index (χ2n) is 3.52. The van der Waals surface area contributed by atoms with Crippen molar-refractivity contribution in [3.63, 3.8) is 0 Å². The van der Waals surface area contributed by atoms with Gasteiger partial charge in [0.1, 0.15) is 0 Å². The van der Waals surface area contributed by atoms with E-state index in [0.717, 1.165) is 12.3 Å². The Bertz CT molecular complexity index is 172. The van der Waals surface area contributed by atoms with Gasteiger partial charge in [-0.05, 0) is 25.2 Å². The SMILES string of the molecule is CCC1=C[C@H]2C(O)C[C@H]2C1. The highest BCUT2D eigenvalue weighted by Crippen LogP contribution is 2.46. The minimum atomic E-state index is -0.00551. The summed E-state index contributed by atoms with van der Waals surface area (Å²) in [4.78, 5) is 0. The molecule has 0 saturated heterocycles. The van der Waals surface area contributed by atoms with Crippen molar-refractivity contribution in [1.82, 2.24) is 0 Å². The summed E-state index contributed by atoms with van der Waals surface area (Å²) in [7, 11) is 0. The summed E-state index contributed by atoms with van der Waals surface area (Å²) in [5.74, 6) is 1.35. The van der Waals surface area contributed by atoms with Gasteiger partial charge >= 0.3 is 0 Å². The van der Waals surface area contributed by atoms with Crippen molar-refractivity contribution in [2.24, 2.45) is 11.8 Å². The predicted octanol–water partition coefficient (Wildman–Crippen LogP) is 1.72. The lowest BCUT2D eigenvalue weighted by atomic mass is 9.73. The molecule has 56 valence electrons. The zero-order chi connectivity index (χ0) is 7.14. The minimum absolute atomic E-state index is 0.00551. The molecule has 2 aliphatic rings. The van der Waals surface area contributed by atoms with Crippen LogP contribution in [-0.2, 0) is 0 Å². The maximum atomic E-state index is 9.29. The van der Waals surface area contributed by atoms with Gasteiger partial charge in [-0.25, -0.2) is 0 Å². The van der Waals surface area contributed by atoms with Crippen molar-refractivity contribution in [2.45, 2.75) is 32.3 Å². The molecule has 1 heteroatoms. The van der Waals surface area contributed by atoms with Crippen LogP contribution in [0.4, 0.5) is 0 Å². The minimum Gasteiger partial charge on any atom is -0.392 e. The second kappa shape index (κ2) is 2.09. The molecule has 0 aromatic carbocycles. The van der Waals surface area contributed by atoms with Gasteiger partial charge in [0.2, 0.25) is 0 Å². The Hall–Kier alpha value is -0.300. The molecule has 0 radical (unpaired) electrons. The first-order chi connectivity index (χ1) is 4.81. The molecule has 0 amide bonds. The first-order valence-corrected chi connectivity index (χ1v) is 4.19. The number of fused-ring (bicyclic) bond motifs is 1. The standard InChI is InChI=1S/C9H14O/c1-2-6-3-7-5-9(10)8(7)4-6/h4,7-10H,2-3,5H2,1H3/t7-,8-,9?/m1/s1. The summed E-state index contributed by atoms with van der Waals surface area (Å²) in [5, 5.41) is 9.29. The van der Waals surface area contributed by atoms with Crippen molar-refractivity contribution < 1.29 is 5.11 Å². The van der Waals surface area contributed by atoms with E-state index in [9.17, 15) is 5.11 Å². The fraction of sp³-hybridized carbons (Fsp3) is 0.778. The van der Waals surface area contributed by atoms with Crippen molar-refractivity contribution in [1.29, 1.82) is 0 Å². The highest BCUT2D eigenvalue weighted by atomic mass is 16.3. The van der Waals surface area contributed by atoms with E-state index in [-0.39, 0.29) is 6.10 Å². The van der Waals surface area contributed by atoms with E-state index in [1.807, 2.05) is 0 Å². The van der Waals surface area contributed by atoms with Crippen LogP contribution in [0, 0.1) is 11.8 Å². The van der Waals surface area contributed by atoms with E-state index in [0.29, 0.717) is 5.92 Å². The van der Waals surface area contributed by atoms with E-state index < -0.39 is 0 Å². The smallest absolute Gasteiger partial charge is 0.0608 e. The van der Waals surface area contributed by atoms with E-state index in [4.69, 9.17) is 0 Å². The number of hydrogen-bond donors (Lipinski definition) is 1. The number of aliphatic hydroxyl groups is 1. The van der Waals surface area contributed by atoms with Crippen LogP contribution in [0.3, 0.4) is 0 Å². The molecule has 1 saturated carbocycles. The lowest BCUT2D eigenvalue weighted by Crippen LogP contribution is -2.37. The zero-order valence-corrected chi connectivity index (χ0v) is 6.38. The average Bonchev–Trinajstić information content (AvgIpc) is 2.26. The highest BCUT2D eigenvalue weighted by molar-refractivity contribution is 5.19. The monoisotopic (exact) mass is 138 g/mol. The van der Waals surface area contributed by atoms with Crippen molar-refractivity contribution in [3.8, 4) is 0 Å². The number of hydrogen-bond acceptors (Lipinski definition) is 1. The summed E-state index contributed by atoms with van der Waals surface area (Å²) in [6.07, 6.45) is 5.77. The summed E-state index contributed by atoms with van der Waals surface area (Å²) in [5.41, 5.74) is 1.56. The molecule has 1 nitrogen and oxygen atoms in total. The molecular formula is C9H14O. The first kappa shape index (κ1) is 6.41. The van der Waals surface area contributed by atoms with Crippen LogP contribution >= 0.6 is 0 Å². The topological polar surface area (TPSA) is 20.2 Å². The van der Waals surface area contributed by atoms with E-state index in [1.54, 1.807) is 5.57 Å². The Morgan fingerprint density at radius 3 is 3.00 bits per heavy atom. The molecule has 2 aliphatic carbocycles. The van der Waals surface area contributed by atoms with Gasteiger partial charge in [-0.3, -0.25) is 0 Å². The third-order valence-corrected chi connectivity index (χ3v) is 2.94. The van der Waals surface area contributed by atoms with E-state index in [1.165, 1.54) is 12.8 Å². The van der Waals surface area contributed by atoms with Gasteiger partial charge in [0, 0.05) is 5.92 Å². The molecule has 0 bridgehead atoms. The van der Waals surface area contributed by atoms with E-state index >= 15 is 0 Å². The second-order valence-corrected chi connectivity index (χ2v) is 3.52. The molecule has 10 heavy (non-hydrogen) atoms. The van der Waals surface area contributed by atoms with Gasteiger partial charge in [-0.1, -0.05) is 18.6 Å². The molecular weight excluding hydrogens is 124 g/mol. The summed E-state index contributed by atoms with van der Waals surface area (Å²) in [6, 6.07) is 0. The normalized spacial score (nSPS) is 44.2. The highest BCUT2D eigenvalue weighted by Gasteiger charge is 2.41. The lowest BCUT2D eigenvalue weighted by molar-refractivity contribution is 0.00224. The summed E-state index contributed by atoms with van der Waals surface area (Å²) in [6.45, 7) is 2.20. The zero-order valence-electron chi connectivity index (χ0n) is 6.38. The third-order valence-electron chi connectivity index (χ3n) is 2.94. The van der Waals surface area contributed by atoms with Gasteiger partial charge in [-0.15, -0.1) is 0 Å². The van der Waals surface area contributed by atoms with Crippen LogP contribution in [0.5, 0.6) is 0 Å². The van der Waals surface area contributed by atoms with E-state index in [2.05, 4.69) is 13.0 Å². The first-order valence-electron chi connectivity index (χ1n) is 4.19. The number of rotatable bonds is 1. The van der Waals surface area contributed by atoms with Crippen molar-refractivity contribution in [3.05, 3.63) is 11.6 Å². The molecule has 0 aromatic heterocycles. The van der Waals surface area contributed by atoms with Gasteiger partial charge in [0.15, 0.2) is 0 Å². The summed E-state index contributed by atoms with van der Waals surface area (Å²) < 4.78 is 0. The Balaban J connectivity index is 2.05. The van der Waals surface area contributed by atoms with Crippen LogP contribution in [0.15, 0.2) is 11.6 Å². The molecule has 1 fully saturated rings. The maximum absolute atomic E-state index is 9.29. The van der Waals surface area contributed by atoms with Crippen molar-refractivity contribution in [2.75, 3.05) is 0 Å². The third kappa shape index (κ3) is 0.734. The molecule has 0 aromatic rings. The average molecular weight is 138 g/mol. The van der Waals surface area contributed by atoms with Crippen molar-refractivity contribution >= 4 is 0 Å². The van der Waals surface area contributed by atoms with Crippen LogP contribution in [-0.4, -0.2) is 11.2 Å². The fourth-order valence-corrected chi connectivity index (χ4v) is 2.15. The maximum Gasteiger partial charge on any atom is 0.0608 e. The Morgan fingerprint density at radius 2 is 2.50 bits per heavy atom. The molecule has 0 spiro atoms. The Morgan fingerprint density at radius 1 is 1.70 bits per heavy atom. The largest absolute Gasteiger partial charge is 0.392 e. The lowest BCUT2D eigenvalue weighted by Gasteiger charge is -2.35. The molecule has 0 aliphatic heterocycles. The van der Waals surface area contributed by atoms with Crippen LogP contribution in [0.1, 0.15) is 26.2 Å². The predicted molar refractivity (Wildman–Crippen MR) is 40.6 cm³/mol. The molecule has 0 heterocycles. The Labute approximate surface area is 61.8 Å². The van der Waals surface area contributed by atoms with Crippen LogP contribution in [0.25, 0.3) is 0 Å². The Kier molecular flexibility index (Phi) is 1.34. The van der Waals surface area contributed by atoms with Gasteiger partial charge < -0.3 is 5.11 Å². The molecule has 1 N–H and O–H groups in total.